The summed E-state index contributed by atoms with van der Waals surface area (Å²) in [5.74, 6) is -2.22. The Hall–Kier alpha value is -2.36. The summed E-state index contributed by atoms with van der Waals surface area (Å²) in [6.45, 7) is 4.42. The van der Waals surface area contributed by atoms with Crippen LogP contribution in [-0.4, -0.2) is 11.9 Å². The first-order valence-electron chi connectivity index (χ1n) is 7.40. The van der Waals surface area contributed by atoms with E-state index in [1.807, 2.05) is 42.5 Å². The first-order valence-corrected chi connectivity index (χ1v) is 7.40. The minimum absolute atomic E-state index is 0.0630. The van der Waals surface area contributed by atoms with Gasteiger partial charge in [-0.1, -0.05) is 69.2 Å². The van der Waals surface area contributed by atoms with E-state index in [-0.39, 0.29) is 6.61 Å². The molecule has 2 aromatic rings. The molecule has 0 N–H and O–H groups in total. The maximum Gasteiger partial charge on any atom is 0.311 e. The van der Waals surface area contributed by atoms with E-state index < -0.39 is 18.4 Å². The number of benzene rings is 2. The number of carbonyl (C=O) groups excluding carboxylic acids is 2. The largest absolute Gasteiger partial charge is 0.550 e. The van der Waals surface area contributed by atoms with Gasteiger partial charge in [-0.3, -0.25) is 4.79 Å². The molecular weight excluding hydrogens is 280 g/mol. The molecule has 0 unspecified atom stereocenters. The van der Waals surface area contributed by atoms with Crippen LogP contribution in [0.25, 0.3) is 10.8 Å². The van der Waals surface area contributed by atoms with Gasteiger partial charge in [0, 0.05) is 0 Å². The standard InChI is InChI=1S/C14H12O4.C4H10/c15-13(16)8-14(17)18-9-11-6-3-5-10-4-1-2-7-12(10)11;1-3-4-2/h1-7H,8-9H2,(H,15,16);3-4H2,1-2H3/p-1. The molecule has 0 spiro atoms. The Kier molecular flexibility index (Phi) is 7.68. The molecule has 4 nitrogen and oxygen atoms in total. The molecule has 4 heteroatoms. The molecule has 0 atom stereocenters. The predicted molar refractivity (Wildman–Crippen MR) is 84.0 cm³/mol. The lowest BCUT2D eigenvalue weighted by Crippen LogP contribution is -2.26. The van der Waals surface area contributed by atoms with Gasteiger partial charge in [0.25, 0.3) is 0 Å². The van der Waals surface area contributed by atoms with Gasteiger partial charge in [0.1, 0.15) is 6.61 Å². The summed E-state index contributed by atoms with van der Waals surface area (Å²) in [4.78, 5) is 21.3. The fourth-order valence-corrected chi connectivity index (χ4v) is 1.75. The van der Waals surface area contributed by atoms with Crippen molar-refractivity contribution >= 4 is 22.7 Å². The molecule has 0 amide bonds. The third-order valence-corrected chi connectivity index (χ3v) is 3.06. The van der Waals surface area contributed by atoms with Gasteiger partial charge in [-0.05, 0) is 16.3 Å². The van der Waals surface area contributed by atoms with Crippen molar-refractivity contribution in [3.8, 4) is 0 Å². The Labute approximate surface area is 130 Å². The zero-order valence-electron chi connectivity index (χ0n) is 13.0. The molecule has 0 saturated carbocycles. The molecule has 118 valence electrons. The van der Waals surface area contributed by atoms with Crippen molar-refractivity contribution in [2.45, 2.75) is 39.7 Å². The second kappa shape index (κ2) is 9.55. The Morgan fingerprint density at radius 2 is 1.64 bits per heavy atom. The first-order chi connectivity index (χ1) is 10.6. The van der Waals surface area contributed by atoms with Gasteiger partial charge < -0.3 is 14.6 Å². The summed E-state index contributed by atoms with van der Waals surface area (Å²) < 4.78 is 4.89. The quantitative estimate of drug-likeness (QED) is 0.629. The SMILES string of the molecule is CCCC.O=C([O-])CC(=O)OCc1cccc2ccccc12. The van der Waals surface area contributed by atoms with Gasteiger partial charge in [-0.25, -0.2) is 0 Å². The highest BCUT2D eigenvalue weighted by molar-refractivity contribution is 5.89. The van der Waals surface area contributed by atoms with Crippen LogP contribution in [0.1, 0.15) is 38.7 Å². The minimum Gasteiger partial charge on any atom is -0.550 e. The number of hydrogen-bond donors (Lipinski definition) is 0. The van der Waals surface area contributed by atoms with Crippen molar-refractivity contribution < 1.29 is 19.4 Å². The summed E-state index contributed by atoms with van der Waals surface area (Å²) >= 11 is 0. The van der Waals surface area contributed by atoms with Gasteiger partial charge in [0.2, 0.25) is 0 Å². The molecule has 0 heterocycles. The van der Waals surface area contributed by atoms with Crippen LogP contribution in [0, 0.1) is 0 Å². The van der Waals surface area contributed by atoms with E-state index in [4.69, 9.17) is 4.74 Å². The van der Waals surface area contributed by atoms with Crippen LogP contribution in [0.15, 0.2) is 42.5 Å². The van der Waals surface area contributed by atoms with Crippen LogP contribution in [-0.2, 0) is 20.9 Å². The first kappa shape index (κ1) is 17.7. The number of fused-ring (bicyclic) bond motifs is 1. The van der Waals surface area contributed by atoms with Crippen molar-refractivity contribution in [2.75, 3.05) is 0 Å². The highest BCUT2D eigenvalue weighted by Gasteiger charge is 2.05. The summed E-state index contributed by atoms with van der Waals surface area (Å²) in [6, 6.07) is 13.4. The highest BCUT2D eigenvalue weighted by Crippen LogP contribution is 2.19. The van der Waals surface area contributed by atoms with Crippen molar-refractivity contribution in [2.24, 2.45) is 0 Å². The number of rotatable bonds is 5. The lowest BCUT2D eigenvalue weighted by atomic mass is 10.1. The number of carbonyl (C=O) groups is 2. The zero-order valence-corrected chi connectivity index (χ0v) is 13.0. The van der Waals surface area contributed by atoms with E-state index in [1.54, 1.807) is 0 Å². The van der Waals surface area contributed by atoms with E-state index in [1.165, 1.54) is 12.8 Å². The Balaban J connectivity index is 0.000000541. The number of carboxylic acid groups (broad SMARTS) is 1. The molecule has 0 saturated heterocycles. The number of ether oxygens (including phenoxy) is 1. The summed E-state index contributed by atoms with van der Waals surface area (Å²) in [7, 11) is 0. The second-order valence-electron chi connectivity index (χ2n) is 4.85. The van der Waals surface area contributed by atoms with Crippen molar-refractivity contribution in [3.05, 3.63) is 48.0 Å². The molecule has 2 rings (SSSR count). The second-order valence-corrected chi connectivity index (χ2v) is 4.85. The van der Waals surface area contributed by atoms with E-state index in [2.05, 4.69) is 13.8 Å². The topological polar surface area (TPSA) is 66.4 Å². The van der Waals surface area contributed by atoms with E-state index in [0.717, 1.165) is 16.3 Å². The fourth-order valence-electron chi connectivity index (χ4n) is 1.75. The molecule has 0 aliphatic heterocycles. The van der Waals surface area contributed by atoms with Gasteiger partial charge >= 0.3 is 5.97 Å². The fraction of sp³-hybridized carbons (Fsp3) is 0.333. The molecule has 0 aliphatic carbocycles. The molecule has 0 fully saturated rings. The smallest absolute Gasteiger partial charge is 0.311 e. The number of aliphatic carboxylic acids is 1. The lowest BCUT2D eigenvalue weighted by molar-refractivity contribution is -0.305. The summed E-state index contributed by atoms with van der Waals surface area (Å²) in [6.07, 6.45) is 1.92. The van der Waals surface area contributed by atoms with Crippen LogP contribution >= 0.6 is 0 Å². The highest BCUT2D eigenvalue weighted by atomic mass is 16.5. The molecule has 0 aliphatic rings. The average molecular weight is 301 g/mol. The molecule has 0 aromatic heterocycles. The van der Waals surface area contributed by atoms with Gasteiger partial charge in [-0.2, -0.15) is 0 Å². The van der Waals surface area contributed by atoms with Crippen LogP contribution < -0.4 is 5.11 Å². The van der Waals surface area contributed by atoms with Crippen LogP contribution in [0.3, 0.4) is 0 Å². The molecule has 2 aromatic carbocycles. The summed E-state index contributed by atoms with van der Waals surface area (Å²) in [5, 5.41) is 12.3. The maximum absolute atomic E-state index is 11.1. The average Bonchev–Trinajstić information content (AvgIpc) is 2.52. The molecular formula is C18H21O4-. The van der Waals surface area contributed by atoms with Crippen LogP contribution in [0.2, 0.25) is 0 Å². The molecule has 0 radical (unpaired) electrons. The van der Waals surface area contributed by atoms with Gasteiger partial charge in [-0.15, -0.1) is 0 Å². The molecule has 22 heavy (non-hydrogen) atoms. The Morgan fingerprint density at radius 3 is 2.27 bits per heavy atom. The van der Waals surface area contributed by atoms with E-state index in [9.17, 15) is 14.7 Å². The van der Waals surface area contributed by atoms with Crippen molar-refractivity contribution in [3.63, 3.8) is 0 Å². The normalized spacial score (nSPS) is 9.73. The van der Waals surface area contributed by atoms with E-state index >= 15 is 0 Å². The maximum atomic E-state index is 11.1. The zero-order chi connectivity index (χ0) is 16.4. The van der Waals surface area contributed by atoms with Gasteiger partial charge in [0.05, 0.1) is 12.4 Å². The van der Waals surface area contributed by atoms with Crippen molar-refractivity contribution in [1.29, 1.82) is 0 Å². The van der Waals surface area contributed by atoms with Gasteiger partial charge in [0.15, 0.2) is 0 Å². The van der Waals surface area contributed by atoms with E-state index in [0.29, 0.717) is 0 Å². The number of hydrogen-bond acceptors (Lipinski definition) is 4. The van der Waals surface area contributed by atoms with Crippen molar-refractivity contribution in [1.82, 2.24) is 0 Å². The number of esters is 1. The minimum atomic E-state index is -1.43. The number of carboxylic acids is 1. The van der Waals surface area contributed by atoms with Crippen LogP contribution in [0.4, 0.5) is 0 Å². The monoisotopic (exact) mass is 301 g/mol. The lowest BCUT2D eigenvalue weighted by Gasteiger charge is -2.08. The third-order valence-electron chi connectivity index (χ3n) is 3.06. The van der Waals surface area contributed by atoms with Crippen LogP contribution in [0.5, 0.6) is 0 Å². The molecule has 0 bridgehead atoms. The number of unbranched alkanes of at least 4 members (excludes halogenated alkanes) is 1. The third kappa shape index (κ3) is 5.95. The Morgan fingerprint density at radius 1 is 1.00 bits per heavy atom. The summed E-state index contributed by atoms with van der Waals surface area (Å²) in [5.41, 5.74) is 0.847. The predicted octanol–water partition coefficient (Wildman–Crippen LogP) is 2.83. The Bertz CT molecular complexity index is 612.